The highest BCUT2D eigenvalue weighted by Crippen LogP contribution is 2.27. The van der Waals surface area contributed by atoms with Gasteiger partial charge in [-0.1, -0.05) is 17.7 Å². The van der Waals surface area contributed by atoms with Crippen LogP contribution in [0, 0.1) is 6.92 Å². The molecule has 0 amide bonds. The molecule has 2 N–H and O–H groups in total. The zero-order valence-corrected chi connectivity index (χ0v) is 11.8. The summed E-state index contributed by atoms with van der Waals surface area (Å²) in [4.78, 5) is 4.08. The lowest BCUT2D eigenvalue weighted by molar-refractivity contribution is 0.473. The fourth-order valence-corrected chi connectivity index (χ4v) is 2.08. The van der Waals surface area contributed by atoms with Crippen molar-refractivity contribution in [3.63, 3.8) is 0 Å². The molecule has 2 rings (SSSR count). The molecule has 3 nitrogen and oxygen atoms in total. The third-order valence-corrected chi connectivity index (χ3v) is 2.97. The largest absolute Gasteiger partial charge is 0.455 e. The average Bonchev–Trinajstić information content (AvgIpc) is 2.33. The van der Waals surface area contributed by atoms with Crippen molar-refractivity contribution >= 4 is 15.9 Å². The first-order valence-corrected chi connectivity index (χ1v) is 6.56. The van der Waals surface area contributed by atoms with Gasteiger partial charge in [0.25, 0.3) is 0 Å². The number of hydrogen-bond acceptors (Lipinski definition) is 3. The molecule has 0 aliphatic carbocycles. The predicted octanol–water partition coefficient (Wildman–Crippen LogP) is 3.45. The molecule has 0 unspecified atom stereocenters. The second kappa shape index (κ2) is 5.98. The number of benzene rings is 1. The number of nitrogens with two attached hydrogens (primary N) is 1. The molecule has 0 bridgehead atoms. The molecule has 0 fully saturated rings. The summed E-state index contributed by atoms with van der Waals surface area (Å²) in [5.74, 6) is 1.55. The second-order valence-corrected chi connectivity index (χ2v) is 5.01. The summed E-state index contributed by atoms with van der Waals surface area (Å²) in [7, 11) is 0. The Balaban J connectivity index is 2.28. The zero-order chi connectivity index (χ0) is 13.0. The molecule has 94 valence electrons. The molecule has 0 aliphatic heterocycles. The van der Waals surface area contributed by atoms with Crippen LogP contribution in [0.1, 0.15) is 11.1 Å². The van der Waals surface area contributed by atoms with E-state index in [0.717, 1.165) is 22.2 Å². The van der Waals surface area contributed by atoms with Crippen LogP contribution in [0.4, 0.5) is 0 Å². The van der Waals surface area contributed by atoms with Crippen LogP contribution in [0.15, 0.2) is 41.1 Å². The van der Waals surface area contributed by atoms with Crippen LogP contribution >= 0.6 is 15.9 Å². The van der Waals surface area contributed by atoms with Crippen LogP contribution in [0.2, 0.25) is 0 Å². The van der Waals surface area contributed by atoms with E-state index in [1.807, 2.05) is 18.2 Å². The van der Waals surface area contributed by atoms with E-state index < -0.39 is 0 Å². The van der Waals surface area contributed by atoms with E-state index >= 15 is 0 Å². The highest BCUT2D eigenvalue weighted by molar-refractivity contribution is 9.10. The first-order chi connectivity index (χ1) is 8.69. The van der Waals surface area contributed by atoms with Gasteiger partial charge < -0.3 is 10.5 Å². The Morgan fingerprint density at radius 3 is 2.83 bits per heavy atom. The summed E-state index contributed by atoms with van der Waals surface area (Å²) in [6.07, 6.45) is 4.22. The van der Waals surface area contributed by atoms with Gasteiger partial charge >= 0.3 is 0 Å². The Labute approximate surface area is 115 Å². The van der Waals surface area contributed by atoms with Crippen LogP contribution < -0.4 is 10.5 Å². The molecule has 4 heteroatoms. The summed E-state index contributed by atoms with van der Waals surface area (Å²) >= 11 is 3.37. The van der Waals surface area contributed by atoms with Gasteiger partial charge in [-0.2, -0.15) is 0 Å². The highest BCUT2D eigenvalue weighted by atomic mass is 79.9. The standard InChI is InChI=1S/C14H15BrN2O/c1-10-2-3-14(11(6-10)4-5-16)18-13-7-12(15)8-17-9-13/h2-3,6-9H,4-5,16H2,1H3. The number of aryl methyl sites for hydroxylation is 1. The molecule has 18 heavy (non-hydrogen) atoms. The quantitative estimate of drug-likeness (QED) is 0.941. The number of pyridine rings is 1. The first-order valence-electron chi connectivity index (χ1n) is 5.77. The van der Waals surface area contributed by atoms with E-state index in [0.29, 0.717) is 12.3 Å². The van der Waals surface area contributed by atoms with Crippen molar-refractivity contribution in [1.29, 1.82) is 0 Å². The molecule has 1 heterocycles. The van der Waals surface area contributed by atoms with Gasteiger partial charge in [0.05, 0.1) is 6.20 Å². The second-order valence-electron chi connectivity index (χ2n) is 4.09. The minimum absolute atomic E-state index is 0.608. The Morgan fingerprint density at radius 2 is 2.11 bits per heavy atom. The van der Waals surface area contributed by atoms with Gasteiger partial charge in [-0.3, -0.25) is 4.98 Å². The van der Waals surface area contributed by atoms with Crippen molar-refractivity contribution in [1.82, 2.24) is 4.98 Å². The first kappa shape index (κ1) is 13.1. The van der Waals surface area contributed by atoms with Crippen molar-refractivity contribution in [2.45, 2.75) is 13.3 Å². The fraction of sp³-hybridized carbons (Fsp3) is 0.214. The van der Waals surface area contributed by atoms with Gasteiger partial charge in [-0.15, -0.1) is 0 Å². The third kappa shape index (κ3) is 3.31. The minimum Gasteiger partial charge on any atom is -0.455 e. The van der Waals surface area contributed by atoms with E-state index in [2.05, 4.69) is 33.9 Å². The number of aromatic nitrogens is 1. The summed E-state index contributed by atoms with van der Waals surface area (Å²) in [6.45, 7) is 2.67. The molecule has 0 saturated carbocycles. The van der Waals surface area contributed by atoms with Crippen molar-refractivity contribution in [2.24, 2.45) is 5.73 Å². The average molecular weight is 307 g/mol. The molecule has 1 aromatic heterocycles. The van der Waals surface area contributed by atoms with Crippen LogP contribution in [0.5, 0.6) is 11.5 Å². The van der Waals surface area contributed by atoms with Crippen molar-refractivity contribution < 1.29 is 4.74 Å². The summed E-state index contributed by atoms with van der Waals surface area (Å²) in [5, 5.41) is 0. The number of hydrogen-bond donors (Lipinski definition) is 1. The van der Waals surface area contributed by atoms with Crippen LogP contribution in [-0.2, 0) is 6.42 Å². The van der Waals surface area contributed by atoms with E-state index in [1.165, 1.54) is 5.56 Å². The highest BCUT2D eigenvalue weighted by Gasteiger charge is 2.05. The minimum atomic E-state index is 0.608. The van der Waals surface area contributed by atoms with Gasteiger partial charge in [-0.05, 0) is 53.5 Å². The maximum atomic E-state index is 5.85. The number of ether oxygens (including phenoxy) is 1. The zero-order valence-electron chi connectivity index (χ0n) is 10.2. The van der Waals surface area contributed by atoms with Crippen molar-refractivity contribution in [3.8, 4) is 11.5 Å². The lowest BCUT2D eigenvalue weighted by Gasteiger charge is -2.11. The monoisotopic (exact) mass is 306 g/mol. The molecular weight excluding hydrogens is 292 g/mol. The molecular formula is C14H15BrN2O. The number of rotatable bonds is 4. The van der Waals surface area contributed by atoms with E-state index in [-0.39, 0.29) is 0 Å². The Kier molecular flexibility index (Phi) is 4.33. The molecule has 0 spiro atoms. The predicted molar refractivity (Wildman–Crippen MR) is 75.9 cm³/mol. The van der Waals surface area contributed by atoms with Gasteiger partial charge in [0.15, 0.2) is 0 Å². The van der Waals surface area contributed by atoms with Crippen molar-refractivity contribution in [2.75, 3.05) is 6.54 Å². The van der Waals surface area contributed by atoms with Crippen LogP contribution in [-0.4, -0.2) is 11.5 Å². The van der Waals surface area contributed by atoms with Gasteiger partial charge in [0, 0.05) is 10.7 Å². The van der Waals surface area contributed by atoms with Crippen molar-refractivity contribution in [3.05, 3.63) is 52.3 Å². The molecule has 0 aliphatic rings. The SMILES string of the molecule is Cc1ccc(Oc2cncc(Br)c2)c(CCN)c1. The molecule has 0 saturated heterocycles. The number of halogens is 1. The van der Waals surface area contributed by atoms with Gasteiger partial charge in [0.2, 0.25) is 0 Å². The van der Waals surface area contributed by atoms with E-state index in [9.17, 15) is 0 Å². The van der Waals surface area contributed by atoms with Crippen LogP contribution in [0.3, 0.4) is 0 Å². The molecule has 2 aromatic rings. The summed E-state index contributed by atoms with van der Waals surface area (Å²) in [6, 6.07) is 7.99. The lowest BCUT2D eigenvalue weighted by Crippen LogP contribution is -2.04. The topological polar surface area (TPSA) is 48.1 Å². The summed E-state index contributed by atoms with van der Waals surface area (Å²) < 4.78 is 6.75. The molecule has 1 aromatic carbocycles. The Morgan fingerprint density at radius 1 is 1.28 bits per heavy atom. The smallest absolute Gasteiger partial charge is 0.146 e. The summed E-state index contributed by atoms with van der Waals surface area (Å²) in [5.41, 5.74) is 7.95. The lowest BCUT2D eigenvalue weighted by atomic mass is 10.1. The normalized spacial score (nSPS) is 10.4. The Hall–Kier alpha value is -1.39. The van der Waals surface area contributed by atoms with Crippen LogP contribution in [0.25, 0.3) is 0 Å². The molecule has 0 atom stereocenters. The van der Waals surface area contributed by atoms with Gasteiger partial charge in [-0.25, -0.2) is 0 Å². The number of nitrogens with zero attached hydrogens (tertiary/aromatic N) is 1. The fourth-order valence-electron chi connectivity index (χ4n) is 1.73. The third-order valence-electron chi connectivity index (χ3n) is 2.54. The Bertz CT molecular complexity index is 543. The van der Waals surface area contributed by atoms with E-state index in [4.69, 9.17) is 10.5 Å². The maximum Gasteiger partial charge on any atom is 0.146 e. The van der Waals surface area contributed by atoms with Gasteiger partial charge in [0.1, 0.15) is 11.5 Å². The maximum absolute atomic E-state index is 5.85. The van der Waals surface area contributed by atoms with E-state index in [1.54, 1.807) is 12.4 Å². The molecule has 0 radical (unpaired) electrons.